The molecule has 1 N–H and O–H groups in total. The Morgan fingerprint density at radius 1 is 1.12 bits per heavy atom. The van der Waals surface area contributed by atoms with Gasteiger partial charge in [0, 0.05) is 23.0 Å². The minimum absolute atomic E-state index is 0.110. The van der Waals surface area contributed by atoms with Crippen LogP contribution in [0.25, 0.3) is 11.8 Å². The standard InChI is InChI=1S/C25H27N5OS/c1-15-9-7-8-12-21(15)29-16(2)13-19(17(29)3)14-20-22(26)30-25(27-23(20)31)32-24(28-30)18-10-5-4-6-11-18/h7-9,12-14,18,26H,4-6,10-11H2,1-3H3/b20-14-,26-22?. The average Bonchev–Trinajstić information content (AvgIpc) is 3.33. The van der Waals surface area contributed by atoms with E-state index >= 15 is 0 Å². The first-order chi connectivity index (χ1) is 15.4. The molecule has 5 rings (SSSR count). The van der Waals surface area contributed by atoms with Crippen LogP contribution in [0.5, 0.6) is 0 Å². The van der Waals surface area contributed by atoms with E-state index in [0.29, 0.717) is 11.1 Å². The van der Waals surface area contributed by atoms with Crippen molar-refractivity contribution >= 4 is 39.8 Å². The fraction of sp³-hybridized carbons (Fsp3) is 0.360. The molecule has 0 unspecified atom stereocenters. The molecular weight excluding hydrogens is 418 g/mol. The Morgan fingerprint density at radius 3 is 2.62 bits per heavy atom. The Bertz CT molecular complexity index is 1210. The van der Waals surface area contributed by atoms with Crippen LogP contribution in [0.3, 0.4) is 0 Å². The largest absolute Gasteiger partial charge is 0.318 e. The summed E-state index contributed by atoms with van der Waals surface area (Å²) in [7, 11) is 0. The van der Waals surface area contributed by atoms with Crippen molar-refractivity contribution < 1.29 is 4.79 Å². The number of aromatic nitrogens is 1. The molecular formula is C25H27N5OS. The van der Waals surface area contributed by atoms with Crippen LogP contribution in [0.2, 0.25) is 0 Å². The summed E-state index contributed by atoms with van der Waals surface area (Å²) >= 11 is 1.46. The zero-order valence-corrected chi connectivity index (χ0v) is 19.5. The summed E-state index contributed by atoms with van der Waals surface area (Å²) in [4.78, 5) is 17.2. The third-order valence-electron chi connectivity index (χ3n) is 6.55. The molecule has 0 spiro atoms. The topological polar surface area (TPSA) is 73.8 Å². The Balaban J connectivity index is 1.49. The number of aliphatic imine (C=N–C) groups is 1. The number of carbonyl (C=O) groups is 1. The van der Waals surface area contributed by atoms with Gasteiger partial charge in [-0.1, -0.05) is 37.5 Å². The van der Waals surface area contributed by atoms with Gasteiger partial charge in [0.1, 0.15) is 5.04 Å². The van der Waals surface area contributed by atoms with E-state index in [1.54, 1.807) is 11.1 Å². The summed E-state index contributed by atoms with van der Waals surface area (Å²) in [5, 5.41) is 16.5. The first-order valence-corrected chi connectivity index (χ1v) is 12.0. The molecule has 3 aliphatic rings. The maximum absolute atomic E-state index is 12.9. The number of para-hydroxylation sites is 1. The molecule has 7 heteroatoms. The second kappa shape index (κ2) is 8.20. The molecule has 1 aromatic heterocycles. The lowest BCUT2D eigenvalue weighted by atomic mass is 9.90. The lowest BCUT2D eigenvalue weighted by molar-refractivity contribution is -0.114. The second-order valence-electron chi connectivity index (χ2n) is 8.74. The molecule has 1 saturated carbocycles. The molecule has 2 aromatic rings. The third-order valence-corrected chi connectivity index (χ3v) is 7.62. The highest BCUT2D eigenvalue weighted by molar-refractivity contribution is 8.27. The van der Waals surface area contributed by atoms with E-state index in [1.165, 1.54) is 36.6 Å². The van der Waals surface area contributed by atoms with Crippen molar-refractivity contribution in [2.75, 3.05) is 0 Å². The summed E-state index contributed by atoms with van der Waals surface area (Å²) < 4.78 is 2.19. The van der Waals surface area contributed by atoms with Crippen LogP contribution in [-0.2, 0) is 4.79 Å². The van der Waals surface area contributed by atoms with Gasteiger partial charge in [-0.15, -0.1) is 0 Å². The highest BCUT2D eigenvalue weighted by Gasteiger charge is 2.38. The summed E-state index contributed by atoms with van der Waals surface area (Å²) in [6, 6.07) is 10.3. The summed E-state index contributed by atoms with van der Waals surface area (Å²) in [5.74, 6) is 0.166. The van der Waals surface area contributed by atoms with Gasteiger partial charge in [0.15, 0.2) is 5.84 Å². The third kappa shape index (κ3) is 3.54. The number of rotatable bonds is 3. The predicted octanol–water partition coefficient (Wildman–Crippen LogP) is 5.60. The SMILES string of the molecule is Cc1ccccc1-n1c(C)cc(/C=C2/C(=N)N3N=C(C4CCCCC4)SC3=NC2=O)c1C. The molecule has 1 amide bonds. The van der Waals surface area contributed by atoms with E-state index in [0.717, 1.165) is 40.5 Å². The minimum atomic E-state index is -0.366. The zero-order valence-electron chi connectivity index (χ0n) is 18.7. The van der Waals surface area contributed by atoms with E-state index < -0.39 is 0 Å². The molecule has 0 saturated heterocycles. The number of aryl methyl sites for hydroxylation is 2. The van der Waals surface area contributed by atoms with E-state index in [9.17, 15) is 4.79 Å². The van der Waals surface area contributed by atoms with Gasteiger partial charge in [0.25, 0.3) is 5.91 Å². The van der Waals surface area contributed by atoms with Crippen LogP contribution >= 0.6 is 11.8 Å². The Kier molecular flexibility index (Phi) is 5.37. The Morgan fingerprint density at radius 2 is 1.88 bits per heavy atom. The van der Waals surface area contributed by atoms with Crippen molar-refractivity contribution in [2.45, 2.75) is 52.9 Å². The molecule has 1 aromatic carbocycles. The fourth-order valence-corrected chi connectivity index (χ4v) is 5.85. The number of hydrogen-bond acceptors (Lipinski definition) is 4. The van der Waals surface area contributed by atoms with Gasteiger partial charge >= 0.3 is 0 Å². The van der Waals surface area contributed by atoms with Crippen LogP contribution in [-0.4, -0.2) is 31.5 Å². The lowest BCUT2D eigenvalue weighted by Crippen LogP contribution is -2.35. The summed E-state index contributed by atoms with van der Waals surface area (Å²) in [6.07, 6.45) is 7.76. The number of hydrogen-bond donors (Lipinski definition) is 1. The molecule has 1 fully saturated rings. The van der Waals surface area contributed by atoms with Crippen LogP contribution in [0.15, 0.2) is 46.0 Å². The second-order valence-corrected chi connectivity index (χ2v) is 9.73. The number of thioether (sulfide) groups is 1. The molecule has 0 bridgehead atoms. The van der Waals surface area contributed by atoms with Crippen molar-refractivity contribution in [3.8, 4) is 5.69 Å². The van der Waals surface area contributed by atoms with Gasteiger partial charge in [0.2, 0.25) is 5.17 Å². The number of hydrazone groups is 1. The monoisotopic (exact) mass is 445 g/mol. The van der Waals surface area contributed by atoms with Crippen molar-refractivity contribution in [2.24, 2.45) is 16.0 Å². The first-order valence-electron chi connectivity index (χ1n) is 11.2. The molecule has 0 radical (unpaired) electrons. The number of amides is 1. The van der Waals surface area contributed by atoms with Gasteiger partial charge < -0.3 is 4.57 Å². The van der Waals surface area contributed by atoms with Crippen LogP contribution < -0.4 is 0 Å². The lowest BCUT2D eigenvalue weighted by Gasteiger charge is -2.20. The van der Waals surface area contributed by atoms with Gasteiger partial charge in [-0.25, -0.2) is 0 Å². The van der Waals surface area contributed by atoms with Crippen LogP contribution in [0.4, 0.5) is 0 Å². The molecule has 32 heavy (non-hydrogen) atoms. The highest BCUT2D eigenvalue weighted by Crippen LogP contribution is 2.36. The van der Waals surface area contributed by atoms with Crippen LogP contribution in [0.1, 0.15) is 54.6 Å². The first kappa shape index (κ1) is 20.9. The minimum Gasteiger partial charge on any atom is -0.318 e. The summed E-state index contributed by atoms with van der Waals surface area (Å²) in [6.45, 7) is 6.20. The van der Waals surface area contributed by atoms with Crippen molar-refractivity contribution in [3.63, 3.8) is 0 Å². The maximum Gasteiger partial charge on any atom is 0.283 e. The number of benzene rings is 1. The molecule has 2 aliphatic heterocycles. The smallest absolute Gasteiger partial charge is 0.283 e. The number of nitrogens with zero attached hydrogens (tertiary/aromatic N) is 4. The number of nitrogens with one attached hydrogen (secondary N) is 1. The number of fused-ring (bicyclic) bond motifs is 1. The van der Waals surface area contributed by atoms with Gasteiger partial charge in [-0.3, -0.25) is 10.2 Å². The van der Waals surface area contributed by atoms with E-state index in [1.807, 2.05) is 19.1 Å². The van der Waals surface area contributed by atoms with Crippen molar-refractivity contribution in [1.29, 1.82) is 5.41 Å². The van der Waals surface area contributed by atoms with Gasteiger partial charge in [-0.2, -0.15) is 15.1 Å². The predicted molar refractivity (Wildman–Crippen MR) is 132 cm³/mol. The average molecular weight is 446 g/mol. The zero-order chi connectivity index (χ0) is 22.4. The summed E-state index contributed by atoms with van der Waals surface area (Å²) in [5.41, 5.74) is 5.62. The maximum atomic E-state index is 12.9. The quantitative estimate of drug-likeness (QED) is 0.625. The fourth-order valence-electron chi connectivity index (χ4n) is 4.80. The highest BCUT2D eigenvalue weighted by atomic mass is 32.2. The van der Waals surface area contributed by atoms with Gasteiger partial charge in [0.05, 0.1) is 5.57 Å². The Labute approximate surface area is 192 Å². The molecule has 164 valence electrons. The Hall–Kier alpha value is -2.93. The van der Waals surface area contributed by atoms with E-state index in [-0.39, 0.29) is 17.3 Å². The normalized spacial score (nSPS) is 20.6. The van der Waals surface area contributed by atoms with Gasteiger partial charge in [-0.05, 0) is 74.7 Å². The van der Waals surface area contributed by atoms with Crippen LogP contribution in [0, 0.1) is 32.1 Å². The molecule has 6 nitrogen and oxygen atoms in total. The van der Waals surface area contributed by atoms with Crippen molar-refractivity contribution in [3.05, 3.63) is 58.4 Å². The van der Waals surface area contributed by atoms with E-state index in [4.69, 9.17) is 10.5 Å². The molecule has 3 heterocycles. The van der Waals surface area contributed by atoms with Crippen molar-refractivity contribution in [1.82, 2.24) is 9.58 Å². The molecule has 0 atom stereocenters. The number of amidine groups is 2. The molecule has 1 aliphatic carbocycles. The van der Waals surface area contributed by atoms with E-state index in [2.05, 4.69) is 41.6 Å². The number of carbonyl (C=O) groups excluding carboxylic acids is 1.